The number of hydrogen-bond acceptors (Lipinski definition) is 5. The molecule has 15 heavy (non-hydrogen) atoms. The number of nitrogens with one attached hydrogen (secondary N) is 1. The first-order chi connectivity index (χ1) is 6.72. The lowest BCUT2D eigenvalue weighted by molar-refractivity contribution is -0.329. The minimum absolute atomic E-state index is 0.296. The van der Waals surface area contributed by atoms with E-state index in [0.717, 1.165) is 12.3 Å². The molecule has 0 aliphatic rings. The summed E-state index contributed by atoms with van der Waals surface area (Å²) in [5, 5.41) is 0. The van der Waals surface area contributed by atoms with Crippen LogP contribution < -0.4 is 4.72 Å². The van der Waals surface area contributed by atoms with Gasteiger partial charge in [0, 0.05) is 6.08 Å². The first-order valence-corrected chi connectivity index (χ1v) is 6.12. The summed E-state index contributed by atoms with van der Waals surface area (Å²) in [5.41, 5.74) is -1.27. The predicted octanol–water partition coefficient (Wildman–Crippen LogP) is 0.323. The van der Waals surface area contributed by atoms with Crippen molar-refractivity contribution in [3.63, 3.8) is 0 Å². The van der Waals surface area contributed by atoms with E-state index in [4.69, 9.17) is 4.89 Å². The van der Waals surface area contributed by atoms with Crippen molar-refractivity contribution in [2.45, 2.75) is 26.0 Å². The SMILES string of the molecule is C=CC(=O)OOC(C)(CC)NS(C)(=O)=O. The Bertz CT molecular complexity index is 337. The fraction of sp³-hybridized carbons (Fsp3) is 0.625. The Morgan fingerprint density at radius 2 is 2.13 bits per heavy atom. The molecule has 0 aliphatic heterocycles. The predicted molar refractivity (Wildman–Crippen MR) is 54.0 cm³/mol. The molecule has 1 N–H and O–H groups in total. The van der Waals surface area contributed by atoms with E-state index < -0.39 is 21.7 Å². The van der Waals surface area contributed by atoms with Crippen LogP contribution in [-0.4, -0.2) is 26.4 Å². The number of sulfonamides is 1. The van der Waals surface area contributed by atoms with E-state index in [-0.39, 0.29) is 0 Å². The molecule has 0 aliphatic carbocycles. The van der Waals surface area contributed by atoms with Gasteiger partial charge < -0.3 is 0 Å². The van der Waals surface area contributed by atoms with E-state index in [1.54, 1.807) is 6.92 Å². The topological polar surface area (TPSA) is 81.7 Å². The van der Waals surface area contributed by atoms with Gasteiger partial charge in [0.25, 0.3) is 0 Å². The molecule has 0 aromatic carbocycles. The van der Waals surface area contributed by atoms with Gasteiger partial charge in [-0.1, -0.05) is 13.5 Å². The molecule has 7 heteroatoms. The highest BCUT2D eigenvalue weighted by atomic mass is 32.2. The van der Waals surface area contributed by atoms with E-state index in [2.05, 4.69) is 16.2 Å². The standard InChI is InChI=1S/C8H15NO5S/c1-5-7(10)13-14-8(3,6-2)9-15(4,11)12/h5,9H,1,6H2,2-4H3. The van der Waals surface area contributed by atoms with Crippen LogP contribution in [0.1, 0.15) is 20.3 Å². The van der Waals surface area contributed by atoms with Crippen molar-refractivity contribution in [3.8, 4) is 0 Å². The minimum atomic E-state index is -3.44. The summed E-state index contributed by atoms with van der Waals surface area (Å²) in [5.74, 6) is -0.787. The Labute approximate surface area is 89.2 Å². The first-order valence-electron chi connectivity index (χ1n) is 4.23. The van der Waals surface area contributed by atoms with E-state index in [1.807, 2.05) is 0 Å². The Balaban J connectivity index is 4.44. The summed E-state index contributed by atoms with van der Waals surface area (Å²) in [6, 6.07) is 0. The molecule has 88 valence electrons. The summed E-state index contributed by atoms with van der Waals surface area (Å²) >= 11 is 0. The van der Waals surface area contributed by atoms with Crippen molar-refractivity contribution in [3.05, 3.63) is 12.7 Å². The van der Waals surface area contributed by atoms with Crippen molar-refractivity contribution in [2.75, 3.05) is 6.26 Å². The third-order valence-corrected chi connectivity index (χ3v) is 2.35. The zero-order valence-corrected chi connectivity index (χ0v) is 9.76. The average Bonchev–Trinajstić information content (AvgIpc) is 2.11. The Morgan fingerprint density at radius 3 is 2.47 bits per heavy atom. The van der Waals surface area contributed by atoms with Crippen LogP contribution in [0.25, 0.3) is 0 Å². The molecule has 0 spiro atoms. The molecule has 1 atom stereocenters. The zero-order chi connectivity index (χ0) is 12.1. The summed E-state index contributed by atoms with van der Waals surface area (Å²) < 4.78 is 24.1. The van der Waals surface area contributed by atoms with Crippen molar-refractivity contribution in [2.24, 2.45) is 0 Å². The minimum Gasteiger partial charge on any atom is -0.292 e. The molecular formula is C8H15NO5S. The van der Waals surface area contributed by atoms with Gasteiger partial charge >= 0.3 is 5.97 Å². The van der Waals surface area contributed by atoms with Crippen molar-refractivity contribution in [1.29, 1.82) is 0 Å². The molecule has 0 aromatic rings. The fourth-order valence-electron chi connectivity index (χ4n) is 0.707. The third kappa shape index (κ3) is 6.21. The lowest BCUT2D eigenvalue weighted by Crippen LogP contribution is -2.47. The molecule has 0 fully saturated rings. The Hall–Kier alpha value is -0.920. The van der Waals surface area contributed by atoms with Crippen LogP contribution in [-0.2, 0) is 24.6 Å². The third-order valence-electron chi connectivity index (χ3n) is 1.55. The van der Waals surface area contributed by atoms with Crippen LogP contribution in [0.2, 0.25) is 0 Å². The number of carbonyl (C=O) groups excluding carboxylic acids is 1. The van der Waals surface area contributed by atoms with Gasteiger partial charge in [0.1, 0.15) is 0 Å². The second-order valence-electron chi connectivity index (χ2n) is 3.15. The number of carbonyl (C=O) groups is 1. The zero-order valence-electron chi connectivity index (χ0n) is 8.94. The maximum absolute atomic E-state index is 11.0. The molecule has 0 aromatic heterocycles. The van der Waals surface area contributed by atoms with Gasteiger partial charge in [0.2, 0.25) is 10.0 Å². The van der Waals surface area contributed by atoms with Crippen LogP contribution in [0.4, 0.5) is 0 Å². The molecule has 0 radical (unpaired) electrons. The van der Waals surface area contributed by atoms with Gasteiger partial charge in [-0.05, 0) is 13.3 Å². The fourth-order valence-corrected chi connectivity index (χ4v) is 1.67. The molecule has 0 saturated heterocycles. The summed E-state index contributed by atoms with van der Waals surface area (Å²) in [6.45, 7) is 6.30. The maximum atomic E-state index is 11.0. The van der Waals surface area contributed by atoms with Crippen LogP contribution >= 0.6 is 0 Å². The summed E-state index contributed by atoms with van der Waals surface area (Å²) in [4.78, 5) is 19.7. The largest absolute Gasteiger partial charge is 0.365 e. The molecule has 0 bridgehead atoms. The van der Waals surface area contributed by atoms with E-state index >= 15 is 0 Å². The van der Waals surface area contributed by atoms with Gasteiger partial charge in [0.05, 0.1) is 6.26 Å². The molecular weight excluding hydrogens is 222 g/mol. The monoisotopic (exact) mass is 237 g/mol. The van der Waals surface area contributed by atoms with Crippen LogP contribution in [0.15, 0.2) is 12.7 Å². The molecule has 0 heterocycles. The lowest BCUT2D eigenvalue weighted by atomic mass is 10.2. The average molecular weight is 237 g/mol. The second-order valence-corrected chi connectivity index (χ2v) is 4.90. The van der Waals surface area contributed by atoms with E-state index in [0.29, 0.717) is 6.42 Å². The highest BCUT2D eigenvalue weighted by molar-refractivity contribution is 7.88. The van der Waals surface area contributed by atoms with Gasteiger partial charge in [-0.2, -0.15) is 9.61 Å². The van der Waals surface area contributed by atoms with Gasteiger partial charge in [0.15, 0.2) is 5.72 Å². The van der Waals surface area contributed by atoms with E-state index in [1.165, 1.54) is 6.92 Å². The smallest absolute Gasteiger partial charge is 0.292 e. The van der Waals surface area contributed by atoms with Gasteiger partial charge in [-0.25, -0.2) is 13.2 Å². The van der Waals surface area contributed by atoms with Crippen molar-refractivity contribution in [1.82, 2.24) is 4.72 Å². The van der Waals surface area contributed by atoms with Crippen molar-refractivity contribution < 1.29 is 23.0 Å². The van der Waals surface area contributed by atoms with Gasteiger partial charge in [-0.15, -0.1) is 0 Å². The van der Waals surface area contributed by atoms with Crippen LogP contribution in [0, 0.1) is 0 Å². The summed E-state index contributed by atoms with van der Waals surface area (Å²) in [6.07, 6.45) is 2.20. The summed E-state index contributed by atoms with van der Waals surface area (Å²) in [7, 11) is -3.44. The van der Waals surface area contributed by atoms with Crippen LogP contribution in [0.3, 0.4) is 0 Å². The van der Waals surface area contributed by atoms with Gasteiger partial charge in [-0.3, -0.25) is 4.89 Å². The Kier molecular flexibility index (Phi) is 4.92. The molecule has 0 saturated carbocycles. The molecule has 1 unspecified atom stereocenters. The lowest BCUT2D eigenvalue weighted by Gasteiger charge is -2.25. The van der Waals surface area contributed by atoms with Crippen LogP contribution in [0.5, 0.6) is 0 Å². The quantitative estimate of drug-likeness (QED) is 0.311. The number of hydrogen-bond donors (Lipinski definition) is 1. The van der Waals surface area contributed by atoms with E-state index in [9.17, 15) is 13.2 Å². The molecule has 6 nitrogen and oxygen atoms in total. The highest BCUT2D eigenvalue weighted by Gasteiger charge is 2.29. The highest BCUT2D eigenvalue weighted by Crippen LogP contribution is 2.12. The van der Waals surface area contributed by atoms with Crippen molar-refractivity contribution >= 4 is 16.0 Å². The number of rotatable bonds is 6. The maximum Gasteiger partial charge on any atom is 0.365 e. The second kappa shape index (κ2) is 5.24. The normalized spacial score (nSPS) is 15.4. The molecule has 0 amide bonds. The Morgan fingerprint density at radius 1 is 1.60 bits per heavy atom. The first kappa shape index (κ1) is 14.1. The molecule has 0 rings (SSSR count).